The summed E-state index contributed by atoms with van der Waals surface area (Å²) in [4.78, 5) is 0. The second-order valence-corrected chi connectivity index (χ2v) is 6.80. The molecule has 2 unspecified atom stereocenters. The topological polar surface area (TPSA) is 54.4 Å². The first-order valence-electron chi connectivity index (χ1n) is 5.97. The Balaban J connectivity index is 2.46. The van der Waals surface area contributed by atoms with Crippen LogP contribution in [0.1, 0.15) is 51.9 Å². The van der Waals surface area contributed by atoms with Crippen molar-refractivity contribution in [3.8, 4) is 0 Å². The highest BCUT2D eigenvalue weighted by molar-refractivity contribution is 7.92. The summed E-state index contributed by atoms with van der Waals surface area (Å²) >= 11 is 0. The van der Waals surface area contributed by atoms with E-state index in [1.807, 2.05) is 0 Å². The molecule has 0 saturated carbocycles. The number of rotatable bonds is 5. The number of hydrogen-bond donors (Lipinski definition) is 1. The largest absolute Gasteiger partial charge is 0.392 e. The highest BCUT2D eigenvalue weighted by Crippen LogP contribution is 2.24. The number of unbranched alkanes of at least 4 members (excludes halogenated alkanes) is 2. The summed E-state index contributed by atoms with van der Waals surface area (Å²) in [6.07, 6.45) is 5.46. The Morgan fingerprint density at radius 1 is 1.33 bits per heavy atom. The second-order valence-electron chi connectivity index (χ2n) is 4.46. The SMILES string of the molecule is CCCCCC(O)C1CCCCS1(=O)=O. The molecule has 0 aliphatic carbocycles. The van der Waals surface area contributed by atoms with Crippen LogP contribution in [0.25, 0.3) is 0 Å². The number of hydrogen-bond acceptors (Lipinski definition) is 3. The minimum atomic E-state index is -3.01. The Bertz CT molecular complexity index is 272. The third kappa shape index (κ3) is 3.76. The molecule has 1 rings (SSSR count). The number of aliphatic hydroxyl groups excluding tert-OH is 1. The van der Waals surface area contributed by atoms with Crippen molar-refractivity contribution in [3.05, 3.63) is 0 Å². The summed E-state index contributed by atoms with van der Waals surface area (Å²) in [6, 6.07) is 0. The van der Waals surface area contributed by atoms with Gasteiger partial charge in [-0.05, 0) is 19.3 Å². The van der Waals surface area contributed by atoms with Crippen molar-refractivity contribution >= 4 is 9.84 Å². The van der Waals surface area contributed by atoms with Gasteiger partial charge in [-0.1, -0.05) is 32.6 Å². The van der Waals surface area contributed by atoms with E-state index in [1.165, 1.54) is 0 Å². The van der Waals surface area contributed by atoms with Crippen LogP contribution in [0, 0.1) is 0 Å². The Labute approximate surface area is 92.8 Å². The zero-order valence-corrected chi connectivity index (χ0v) is 10.3. The summed E-state index contributed by atoms with van der Waals surface area (Å²) in [5.41, 5.74) is 0. The van der Waals surface area contributed by atoms with Crippen LogP contribution in [-0.2, 0) is 9.84 Å². The van der Waals surface area contributed by atoms with Crippen molar-refractivity contribution in [2.75, 3.05) is 5.75 Å². The molecule has 1 aliphatic rings. The first-order valence-corrected chi connectivity index (χ1v) is 7.69. The first-order chi connectivity index (χ1) is 7.08. The molecular weight excluding hydrogens is 212 g/mol. The maximum Gasteiger partial charge on any atom is 0.155 e. The van der Waals surface area contributed by atoms with E-state index in [1.54, 1.807) is 0 Å². The van der Waals surface area contributed by atoms with E-state index >= 15 is 0 Å². The second kappa shape index (κ2) is 5.85. The van der Waals surface area contributed by atoms with E-state index in [0.717, 1.165) is 32.1 Å². The van der Waals surface area contributed by atoms with Gasteiger partial charge in [0.15, 0.2) is 9.84 Å². The zero-order chi connectivity index (χ0) is 11.3. The van der Waals surface area contributed by atoms with Crippen molar-refractivity contribution in [3.63, 3.8) is 0 Å². The summed E-state index contributed by atoms with van der Waals surface area (Å²) in [5, 5.41) is 9.37. The number of aliphatic hydroxyl groups is 1. The Kier molecular flexibility index (Phi) is 5.06. The zero-order valence-electron chi connectivity index (χ0n) is 9.48. The molecule has 3 nitrogen and oxygen atoms in total. The molecular formula is C11H22O3S. The molecule has 90 valence electrons. The molecule has 0 radical (unpaired) electrons. The lowest BCUT2D eigenvalue weighted by molar-refractivity contribution is 0.148. The molecule has 15 heavy (non-hydrogen) atoms. The van der Waals surface area contributed by atoms with E-state index in [9.17, 15) is 13.5 Å². The monoisotopic (exact) mass is 234 g/mol. The lowest BCUT2D eigenvalue weighted by Gasteiger charge is -2.26. The van der Waals surface area contributed by atoms with Crippen LogP contribution in [-0.4, -0.2) is 30.6 Å². The van der Waals surface area contributed by atoms with E-state index in [-0.39, 0.29) is 5.75 Å². The predicted molar refractivity (Wildman–Crippen MR) is 61.6 cm³/mol. The quantitative estimate of drug-likeness (QED) is 0.739. The molecule has 1 fully saturated rings. The lowest BCUT2D eigenvalue weighted by Crippen LogP contribution is -2.38. The van der Waals surface area contributed by atoms with Crippen LogP contribution in [0.5, 0.6) is 0 Å². The molecule has 1 heterocycles. The van der Waals surface area contributed by atoms with Crippen molar-refractivity contribution in [2.24, 2.45) is 0 Å². The molecule has 0 amide bonds. The summed E-state index contributed by atoms with van der Waals surface area (Å²) in [6.45, 7) is 2.10. The molecule has 1 aliphatic heterocycles. The van der Waals surface area contributed by atoms with Crippen LogP contribution < -0.4 is 0 Å². The van der Waals surface area contributed by atoms with Gasteiger partial charge in [0.2, 0.25) is 0 Å². The molecule has 2 atom stereocenters. The van der Waals surface area contributed by atoms with Crippen LogP contribution in [0.15, 0.2) is 0 Å². The van der Waals surface area contributed by atoms with Gasteiger partial charge in [0, 0.05) is 0 Å². The Morgan fingerprint density at radius 3 is 2.67 bits per heavy atom. The standard InChI is InChI=1S/C11H22O3S/c1-2-3-4-7-10(12)11-8-5-6-9-15(11,13)14/h10-12H,2-9H2,1H3. The molecule has 1 saturated heterocycles. The fourth-order valence-corrected chi connectivity index (χ4v) is 4.25. The maximum absolute atomic E-state index is 11.7. The Hall–Kier alpha value is -0.0900. The minimum absolute atomic E-state index is 0.266. The van der Waals surface area contributed by atoms with Gasteiger partial charge < -0.3 is 5.11 Å². The first kappa shape index (κ1) is 13.0. The Morgan fingerprint density at radius 2 is 2.07 bits per heavy atom. The average molecular weight is 234 g/mol. The molecule has 1 N–H and O–H groups in total. The van der Waals surface area contributed by atoms with Gasteiger partial charge in [-0.3, -0.25) is 0 Å². The third-order valence-electron chi connectivity index (χ3n) is 3.16. The van der Waals surface area contributed by atoms with Crippen molar-refractivity contribution in [1.29, 1.82) is 0 Å². The summed E-state index contributed by atoms with van der Waals surface area (Å²) in [5.74, 6) is 0.266. The van der Waals surface area contributed by atoms with Crippen LogP contribution >= 0.6 is 0 Å². The van der Waals surface area contributed by atoms with Crippen molar-refractivity contribution < 1.29 is 13.5 Å². The third-order valence-corrected chi connectivity index (χ3v) is 5.49. The van der Waals surface area contributed by atoms with Gasteiger partial charge in [0.05, 0.1) is 17.1 Å². The highest BCUT2D eigenvalue weighted by Gasteiger charge is 2.33. The van der Waals surface area contributed by atoms with Gasteiger partial charge in [-0.25, -0.2) is 8.42 Å². The van der Waals surface area contributed by atoms with Crippen molar-refractivity contribution in [2.45, 2.75) is 63.2 Å². The maximum atomic E-state index is 11.7. The molecule has 0 bridgehead atoms. The smallest absolute Gasteiger partial charge is 0.155 e. The molecule has 0 spiro atoms. The lowest BCUT2D eigenvalue weighted by atomic mass is 10.0. The van der Waals surface area contributed by atoms with Crippen molar-refractivity contribution in [1.82, 2.24) is 0 Å². The van der Waals surface area contributed by atoms with E-state index < -0.39 is 21.2 Å². The molecule has 0 aromatic heterocycles. The fraction of sp³-hybridized carbons (Fsp3) is 1.00. The van der Waals surface area contributed by atoms with Gasteiger partial charge >= 0.3 is 0 Å². The van der Waals surface area contributed by atoms with Gasteiger partial charge in [0.1, 0.15) is 0 Å². The van der Waals surface area contributed by atoms with Crippen LogP contribution in [0.4, 0.5) is 0 Å². The normalized spacial score (nSPS) is 27.5. The highest BCUT2D eigenvalue weighted by atomic mass is 32.2. The summed E-state index contributed by atoms with van der Waals surface area (Å²) in [7, 11) is -3.01. The van der Waals surface area contributed by atoms with Crippen LogP contribution in [0.2, 0.25) is 0 Å². The fourth-order valence-electron chi connectivity index (χ4n) is 2.20. The van der Waals surface area contributed by atoms with E-state index in [0.29, 0.717) is 12.8 Å². The van der Waals surface area contributed by atoms with Gasteiger partial charge in [-0.2, -0.15) is 0 Å². The van der Waals surface area contributed by atoms with Gasteiger partial charge in [-0.15, -0.1) is 0 Å². The average Bonchev–Trinajstić information content (AvgIpc) is 2.17. The molecule has 0 aromatic rings. The number of sulfone groups is 1. The van der Waals surface area contributed by atoms with Crippen LogP contribution in [0.3, 0.4) is 0 Å². The predicted octanol–water partition coefficient (Wildman–Crippen LogP) is 1.89. The van der Waals surface area contributed by atoms with Gasteiger partial charge in [0.25, 0.3) is 0 Å². The summed E-state index contributed by atoms with van der Waals surface area (Å²) < 4.78 is 23.4. The van der Waals surface area contributed by atoms with E-state index in [4.69, 9.17) is 0 Å². The minimum Gasteiger partial charge on any atom is -0.392 e. The molecule has 4 heteroatoms. The molecule has 0 aromatic carbocycles. The van der Waals surface area contributed by atoms with E-state index in [2.05, 4.69) is 6.92 Å².